The summed E-state index contributed by atoms with van der Waals surface area (Å²) in [5.41, 5.74) is -2.75. The Kier molecular flexibility index (Phi) is 6.05. The quantitative estimate of drug-likeness (QED) is 0.755. The molecule has 0 aliphatic heterocycles. The van der Waals surface area contributed by atoms with Gasteiger partial charge in [-0.05, 0) is 30.3 Å². The van der Waals surface area contributed by atoms with Gasteiger partial charge in [0.25, 0.3) is 5.91 Å². The molecular formula is C17H15F6N3O2. The number of hydrogen-bond donors (Lipinski definition) is 1. The van der Waals surface area contributed by atoms with Gasteiger partial charge in [-0.15, -0.1) is 0 Å². The van der Waals surface area contributed by atoms with Crippen LogP contribution in [0.2, 0.25) is 0 Å². The van der Waals surface area contributed by atoms with E-state index in [4.69, 9.17) is 4.74 Å². The van der Waals surface area contributed by atoms with Crippen molar-refractivity contribution in [3.8, 4) is 5.75 Å². The molecule has 28 heavy (non-hydrogen) atoms. The van der Waals surface area contributed by atoms with Crippen LogP contribution in [0.5, 0.6) is 5.75 Å². The number of carbonyl (C=O) groups excluding carboxylic acids is 1. The first kappa shape index (κ1) is 21.3. The van der Waals surface area contributed by atoms with E-state index in [0.717, 1.165) is 0 Å². The predicted octanol–water partition coefficient (Wildman–Crippen LogP) is 4.20. The molecule has 1 amide bonds. The highest BCUT2D eigenvalue weighted by molar-refractivity contribution is 5.94. The second-order valence-corrected chi connectivity index (χ2v) is 5.85. The van der Waals surface area contributed by atoms with Crippen LogP contribution in [-0.2, 0) is 17.1 Å². The van der Waals surface area contributed by atoms with Crippen LogP contribution in [0.1, 0.15) is 11.1 Å². The van der Waals surface area contributed by atoms with Gasteiger partial charge < -0.3 is 15.0 Å². The molecule has 0 radical (unpaired) electrons. The number of amides is 1. The minimum absolute atomic E-state index is 0.0219. The molecule has 152 valence electrons. The summed E-state index contributed by atoms with van der Waals surface area (Å²) in [6.45, 7) is -0.791. The highest BCUT2D eigenvalue weighted by Crippen LogP contribution is 2.38. The Balaban J connectivity index is 2.17. The minimum atomic E-state index is -5.00. The summed E-state index contributed by atoms with van der Waals surface area (Å²) in [4.78, 5) is 17.7. The normalized spacial score (nSPS) is 11.9. The molecule has 1 aromatic heterocycles. The molecule has 0 saturated carbocycles. The maximum atomic E-state index is 12.8. The number of pyridine rings is 1. The van der Waals surface area contributed by atoms with E-state index >= 15 is 0 Å². The van der Waals surface area contributed by atoms with Crippen LogP contribution in [0.4, 0.5) is 37.8 Å². The largest absolute Gasteiger partial charge is 0.484 e. The molecule has 0 fully saturated rings. The second-order valence-electron chi connectivity index (χ2n) is 5.85. The van der Waals surface area contributed by atoms with Crippen molar-refractivity contribution >= 4 is 17.4 Å². The molecule has 2 rings (SSSR count). The predicted molar refractivity (Wildman–Crippen MR) is 89.1 cm³/mol. The van der Waals surface area contributed by atoms with E-state index in [9.17, 15) is 31.1 Å². The fourth-order valence-corrected chi connectivity index (χ4v) is 2.20. The van der Waals surface area contributed by atoms with Crippen LogP contribution in [0, 0.1) is 0 Å². The van der Waals surface area contributed by atoms with Crippen molar-refractivity contribution in [2.45, 2.75) is 12.4 Å². The van der Waals surface area contributed by atoms with Gasteiger partial charge in [-0.2, -0.15) is 26.3 Å². The SMILES string of the molecule is CN(C)c1ncccc1NC(=O)COc1cc(C(F)(F)F)cc(C(F)(F)F)c1. The third kappa shape index (κ3) is 5.51. The Morgan fingerprint density at radius 3 is 2.14 bits per heavy atom. The van der Waals surface area contributed by atoms with Crippen molar-refractivity contribution in [3.63, 3.8) is 0 Å². The van der Waals surface area contributed by atoms with Crippen molar-refractivity contribution in [1.82, 2.24) is 4.98 Å². The molecule has 0 aliphatic rings. The van der Waals surface area contributed by atoms with E-state index in [2.05, 4.69) is 10.3 Å². The lowest BCUT2D eigenvalue weighted by molar-refractivity contribution is -0.143. The van der Waals surface area contributed by atoms with Crippen LogP contribution in [-0.4, -0.2) is 31.6 Å². The molecule has 2 aromatic rings. The topological polar surface area (TPSA) is 54.5 Å². The number of anilines is 2. The number of carbonyl (C=O) groups is 1. The zero-order chi connectivity index (χ0) is 21.1. The highest BCUT2D eigenvalue weighted by Gasteiger charge is 2.37. The lowest BCUT2D eigenvalue weighted by Crippen LogP contribution is -2.23. The van der Waals surface area contributed by atoms with E-state index < -0.39 is 41.7 Å². The average molecular weight is 407 g/mol. The van der Waals surface area contributed by atoms with E-state index in [1.54, 1.807) is 25.1 Å². The van der Waals surface area contributed by atoms with Crippen LogP contribution < -0.4 is 15.0 Å². The summed E-state index contributed by atoms with van der Waals surface area (Å²) in [5, 5.41) is 2.44. The van der Waals surface area contributed by atoms with Crippen LogP contribution >= 0.6 is 0 Å². The highest BCUT2D eigenvalue weighted by atomic mass is 19.4. The first-order valence-corrected chi connectivity index (χ1v) is 7.72. The van der Waals surface area contributed by atoms with Gasteiger partial charge in [-0.25, -0.2) is 4.98 Å². The van der Waals surface area contributed by atoms with Crippen LogP contribution in [0.15, 0.2) is 36.5 Å². The fourth-order valence-electron chi connectivity index (χ4n) is 2.20. The molecule has 0 spiro atoms. The Bertz CT molecular complexity index is 817. The number of benzene rings is 1. The fraction of sp³-hybridized carbons (Fsp3) is 0.294. The zero-order valence-electron chi connectivity index (χ0n) is 14.6. The van der Waals surface area contributed by atoms with Crippen molar-refractivity contribution in [1.29, 1.82) is 0 Å². The lowest BCUT2D eigenvalue weighted by atomic mass is 10.1. The standard InChI is InChI=1S/C17H15F6N3O2/c1-26(2)15-13(4-3-5-24-15)25-14(27)9-28-12-7-10(16(18,19)20)6-11(8-12)17(21,22)23/h3-8H,9H2,1-2H3,(H,25,27). The Morgan fingerprint density at radius 2 is 1.64 bits per heavy atom. The Labute approximate surface area is 155 Å². The second kappa shape index (κ2) is 7.95. The molecule has 11 heteroatoms. The van der Waals surface area contributed by atoms with Gasteiger partial charge in [0.05, 0.1) is 16.8 Å². The minimum Gasteiger partial charge on any atom is -0.484 e. The summed E-state index contributed by atoms with van der Waals surface area (Å²) in [6.07, 6.45) is -8.52. The van der Waals surface area contributed by atoms with E-state index in [1.807, 2.05) is 0 Å². The van der Waals surface area contributed by atoms with Gasteiger partial charge in [0.15, 0.2) is 12.4 Å². The molecule has 1 aromatic carbocycles. The number of nitrogens with zero attached hydrogens (tertiary/aromatic N) is 2. The number of hydrogen-bond acceptors (Lipinski definition) is 4. The maximum Gasteiger partial charge on any atom is 0.416 e. The third-order valence-corrected chi connectivity index (χ3v) is 3.42. The molecule has 0 atom stereocenters. The van der Waals surface area contributed by atoms with Crippen molar-refractivity contribution in [2.75, 3.05) is 30.9 Å². The van der Waals surface area contributed by atoms with Gasteiger partial charge >= 0.3 is 12.4 Å². The molecule has 0 aliphatic carbocycles. The molecule has 5 nitrogen and oxygen atoms in total. The van der Waals surface area contributed by atoms with Crippen molar-refractivity contribution in [3.05, 3.63) is 47.7 Å². The van der Waals surface area contributed by atoms with E-state index in [-0.39, 0.29) is 6.07 Å². The Morgan fingerprint density at radius 1 is 1.07 bits per heavy atom. The molecule has 0 saturated heterocycles. The number of ether oxygens (including phenoxy) is 1. The molecular weight excluding hydrogens is 392 g/mol. The summed E-state index contributed by atoms with van der Waals surface area (Å²) in [6, 6.07) is 3.86. The third-order valence-electron chi connectivity index (χ3n) is 3.42. The molecule has 1 heterocycles. The number of halogens is 6. The van der Waals surface area contributed by atoms with Gasteiger partial charge in [0.1, 0.15) is 5.75 Å². The molecule has 1 N–H and O–H groups in total. The van der Waals surface area contributed by atoms with Crippen LogP contribution in [0.25, 0.3) is 0 Å². The lowest BCUT2D eigenvalue weighted by Gasteiger charge is -2.17. The number of rotatable bonds is 5. The first-order chi connectivity index (χ1) is 12.9. The molecule has 0 bridgehead atoms. The van der Waals surface area contributed by atoms with Crippen molar-refractivity contribution in [2.24, 2.45) is 0 Å². The van der Waals surface area contributed by atoms with E-state index in [0.29, 0.717) is 23.6 Å². The summed E-state index contributed by atoms with van der Waals surface area (Å²) in [7, 11) is 3.35. The summed E-state index contributed by atoms with van der Waals surface area (Å²) < 4.78 is 81.8. The number of aromatic nitrogens is 1. The smallest absolute Gasteiger partial charge is 0.416 e. The maximum absolute atomic E-state index is 12.8. The summed E-state index contributed by atoms with van der Waals surface area (Å²) >= 11 is 0. The average Bonchev–Trinajstić information content (AvgIpc) is 2.58. The van der Waals surface area contributed by atoms with Gasteiger partial charge in [-0.1, -0.05) is 0 Å². The van der Waals surface area contributed by atoms with Crippen LogP contribution in [0.3, 0.4) is 0 Å². The van der Waals surface area contributed by atoms with Gasteiger partial charge in [0, 0.05) is 20.3 Å². The van der Waals surface area contributed by atoms with Gasteiger partial charge in [-0.3, -0.25) is 4.79 Å². The van der Waals surface area contributed by atoms with Gasteiger partial charge in [0.2, 0.25) is 0 Å². The van der Waals surface area contributed by atoms with Crippen molar-refractivity contribution < 1.29 is 35.9 Å². The first-order valence-electron chi connectivity index (χ1n) is 7.72. The zero-order valence-corrected chi connectivity index (χ0v) is 14.6. The number of nitrogens with one attached hydrogen (secondary N) is 1. The Hall–Kier alpha value is -2.98. The number of alkyl halides is 6. The van der Waals surface area contributed by atoms with E-state index in [1.165, 1.54) is 12.3 Å². The monoisotopic (exact) mass is 407 g/mol. The molecule has 0 unspecified atom stereocenters. The summed E-state index contributed by atoms with van der Waals surface area (Å²) in [5.74, 6) is -1.09.